The molecule has 90 valence electrons. The second-order valence-corrected chi connectivity index (χ2v) is 3.51. The van der Waals surface area contributed by atoms with Crippen molar-refractivity contribution in [3.05, 3.63) is 30.1 Å². The molecule has 0 fully saturated rings. The van der Waals surface area contributed by atoms with Crippen molar-refractivity contribution in [2.75, 3.05) is 13.2 Å². The van der Waals surface area contributed by atoms with Crippen LogP contribution in [0, 0.1) is 0 Å². The van der Waals surface area contributed by atoms with Gasteiger partial charge in [-0.25, -0.2) is 0 Å². The summed E-state index contributed by atoms with van der Waals surface area (Å²) < 4.78 is 10.5. The number of hydrogen-bond acceptors (Lipinski definition) is 5. The summed E-state index contributed by atoms with van der Waals surface area (Å²) in [5, 5.41) is 3.84. The van der Waals surface area contributed by atoms with Crippen LogP contribution in [0.15, 0.2) is 28.8 Å². The zero-order valence-corrected chi connectivity index (χ0v) is 9.72. The van der Waals surface area contributed by atoms with Crippen LogP contribution < -0.4 is 10.5 Å². The van der Waals surface area contributed by atoms with Gasteiger partial charge in [-0.15, -0.1) is 0 Å². The fourth-order valence-corrected chi connectivity index (χ4v) is 1.46. The topological polar surface area (TPSA) is 74.2 Å². The Morgan fingerprint density at radius 1 is 1.29 bits per heavy atom. The minimum absolute atomic E-state index is 0.511. The van der Waals surface area contributed by atoms with Crippen molar-refractivity contribution >= 4 is 0 Å². The normalized spacial score (nSPS) is 10.5. The molecule has 0 amide bonds. The zero-order valence-electron chi connectivity index (χ0n) is 9.72. The first kappa shape index (κ1) is 11.6. The highest BCUT2D eigenvalue weighted by molar-refractivity contribution is 5.54. The van der Waals surface area contributed by atoms with Gasteiger partial charge in [0.15, 0.2) is 5.82 Å². The van der Waals surface area contributed by atoms with Gasteiger partial charge in [0, 0.05) is 12.0 Å². The first-order valence-electron chi connectivity index (χ1n) is 5.59. The smallest absolute Gasteiger partial charge is 0.257 e. The van der Waals surface area contributed by atoms with Gasteiger partial charge in [0.2, 0.25) is 0 Å². The SMILES string of the molecule is CCOc1ccc(-c2nc(CCN)no2)cc1. The third kappa shape index (κ3) is 2.82. The van der Waals surface area contributed by atoms with Crippen LogP contribution in [-0.2, 0) is 6.42 Å². The van der Waals surface area contributed by atoms with E-state index in [4.69, 9.17) is 15.0 Å². The number of rotatable bonds is 5. The number of ether oxygens (including phenoxy) is 1. The molecule has 5 nitrogen and oxygen atoms in total. The van der Waals surface area contributed by atoms with Crippen molar-refractivity contribution in [1.29, 1.82) is 0 Å². The summed E-state index contributed by atoms with van der Waals surface area (Å²) in [6.07, 6.45) is 0.626. The predicted octanol–water partition coefficient (Wildman–Crippen LogP) is 1.64. The van der Waals surface area contributed by atoms with Gasteiger partial charge in [-0.1, -0.05) is 5.16 Å². The van der Waals surface area contributed by atoms with Crippen LogP contribution in [-0.4, -0.2) is 23.3 Å². The fourth-order valence-electron chi connectivity index (χ4n) is 1.46. The summed E-state index contributed by atoms with van der Waals surface area (Å²) in [5.74, 6) is 1.98. The van der Waals surface area contributed by atoms with E-state index in [0.717, 1.165) is 11.3 Å². The lowest BCUT2D eigenvalue weighted by atomic mass is 10.2. The van der Waals surface area contributed by atoms with Gasteiger partial charge >= 0.3 is 0 Å². The van der Waals surface area contributed by atoms with Crippen LogP contribution in [0.2, 0.25) is 0 Å². The summed E-state index contributed by atoms with van der Waals surface area (Å²) in [5.41, 5.74) is 6.30. The molecule has 0 radical (unpaired) electrons. The Labute approximate surface area is 99.6 Å². The molecule has 0 aliphatic rings. The number of nitrogens with zero attached hydrogens (tertiary/aromatic N) is 2. The average molecular weight is 233 g/mol. The second kappa shape index (κ2) is 5.45. The van der Waals surface area contributed by atoms with Crippen molar-refractivity contribution in [3.8, 4) is 17.2 Å². The number of benzene rings is 1. The number of aromatic nitrogens is 2. The molecule has 2 aromatic rings. The van der Waals surface area contributed by atoms with Gasteiger partial charge in [0.1, 0.15) is 5.75 Å². The summed E-state index contributed by atoms with van der Waals surface area (Å²) in [6, 6.07) is 7.55. The molecular weight excluding hydrogens is 218 g/mol. The molecule has 2 rings (SSSR count). The molecule has 1 heterocycles. The lowest BCUT2D eigenvalue weighted by Crippen LogP contribution is -2.03. The maximum absolute atomic E-state index is 5.42. The van der Waals surface area contributed by atoms with Crippen LogP contribution in [0.3, 0.4) is 0 Å². The van der Waals surface area contributed by atoms with Gasteiger partial charge in [-0.05, 0) is 37.7 Å². The summed E-state index contributed by atoms with van der Waals surface area (Å²) in [4.78, 5) is 4.25. The minimum Gasteiger partial charge on any atom is -0.494 e. The minimum atomic E-state index is 0.511. The molecule has 17 heavy (non-hydrogen) atoms. The average Bonchev–Trinajstić information content (AvgIpc) is 2.80. The van der Waals surface area contributed by atoms with E-state index in [1.165, 1.54) is 0 Å². The molecule has 5 heteroatoms. The van der Waals surface area contributed by atoms with Crippen LogP contribution in [0.25, 0.3) is 11.5 Å². The predicted molar refractivity (Wildman–Crippen MR) is 63.7 cm³/mol. The van der Waals surface area contributed by atoms with Crippen molar-refractivity contribution in [2.45, 2.75) is 13.3 Å². The maximum Gasteiger partial charge on any atom is 0.257 e. The third-order valence-electron chi connectivity index (χ3n) is 2.25. The van der Waals surface area contributed by atoms with E-state index in [1.807, 2.05) is 31.2 Å². The van der Waals surface area contributed by atoms with Gasteiger partial charge in [0.25, 0.3) is 5.89 Å². The Morgan fingerprint density at radius 3 is 2.71 bits per heavy atom. The van der Waals surface area contributed by atoms with E-state index in [-0.39, 0.29) is 0 Å². The Bertz CT molecular complexity index is 465. The molecular formula is C12H15N3O2. The Hall–Kier alpha value is -1.88. The van der Waals surface area contributed by atoms with Gasteiger partial charge < -0.3 is 15.0 Å². The molecule has 0 aliphatic heterocycles. The Morgan fingerprint density at radius 2 is 2.06 bits per heavy atom. The number of nitrogens with two attached hydrogens (primary N) is 1. The van der Waals surface area contributed by atoms with E-state index in [1.54, 1.807) is 0 Å². The van der Waals surface area contributed by atoms with Crippen molar-refractivity contribution < 1.29 is 9.26 Å². The highest BCUT2D eigenvalue weighted by Gasteiger charge is 2.07. The van der Waals surface area contributed by atoms with E-state index < -0.39 is 0 Å². The van der Waals surface area contributed by atoms with Crippen LogP contribution in [0.1, 0.15) is 12.7 Å². The zero-order chi connectivity index (χ0) is 12.1. The molecule has 0 unspecified atom stereocenters. The lowest BCUT2D eigenvalue weighted by molar-refractivity contribution is 0.340. The van der Waals surface area contributed by atoms with E-state index >= 15 is 0 Å². The largest absolute Gasteiger partial charge is 0.494 e. The molecule has 0 saturated heterocycles. The first-order chi connectivity index (χ1) is 8.33. The maximum atomic E-state index is 5.42. The molecule has 1 aromatic heterocycles. The van der Waals surface area contributed by atoms with Crippen molar-refractivity contribution in [2.24, 2.45) is 5.73 Å². The molecule has 0 spiro atoms. The summed E-state index contributed by atoms with van der Waals surface area (Å²) >= 11 is 0. The summed E-state index contributed by atoms with van der Waals surface area (Å²) in [7, 11) is 0. The molecule has 2 N–H and O–H groups in total. The van der Waals surface area contributed by atoms with Gasteiger partial charge in [0.05, 0.1) is 6.61 Å². The molecule has 0 bridgehead atoms. The van der Waals surface area contributed by atoms with Gasteiger partial charge in [-0.2, -0.15) is 4.98 Å². The quantitative estimate of drug-likeness (QED) is 0.849. The Balaban J connectivity index is 2.15. The highest BCUT2D eigenvalue weighted by Crippen LogP contribution is 2.20. The van der Waals surface area contributed by atoms with E-state index in [0.29, 0.717) is 31.3 Å². The molecule has 0 atom stereocenters. The summed E-state index contributed by atoms with van der Waals surface area (Å²) in [6.45, 7) is 3.12. The molecule has 1 aromatic carbocycles. The first-order valence-corrected chi connectivity index (χ1v) is 5.59. The lowest BCUT2D eigenvalue weighted by Gasteiger charge is -2.02. The number of hydrogen-bond donors (Lipinski definition) is 1. The third-order valence-corrected chi connectivity index (χ3v) is 2.25. The van der Waals surface area contributed by atoms with Gasteiger partial charge in [-0.3, -0.25) is 0 Å². The molecule has 0 saturated carbocycles. The van der Waals surface area contributed by atoms with E-state index in [9.17, 15) is 0 Å². The van der Waals surface area contributed by atoms with Crippen LogP contribution in [0.5, 0.6) is 5.75 Å². The second-order valence-electron chi connectivity index (χ2n) is 3.51. The highest BCUT2D eigenvalue weighted by atomic mass is 16.5. The van der Waals surface area contributed by atoms with Crippen LogP contribution >= 0.6 is 0 Å². The van der Waals surface area contributed by atoms with Crippen molar-refractivity contribution in [3.63, 3.8) is 0 Å². The fraction of sp³-hybridized carbons (Fsp3) is 0.333. The Kier molecular flexibility index (Phi) is 3.72. The van der Waals surface area contributed by atoms with Crippen molar-refractivity contribution in [1.82, 2.24) is 10.1 Å². The monoisotopic (exact) mass is 233 g/mol. The standard InChI is InChI=1S/C12H15N3O2/c1-2-16-10-5-3-9(4-6-10)12-14-11(7-8-13)15-17-12/h3-6H,2,7-8,13H2,1H3. The molecule has 0 aliphatic carbocycles. The van der Waals surface area contributed by atoms with E-state index in [2.05, 4.69) is 10.1 Å². The van der Waals surface area contributed by atoms with Crippen LogP contribution in [0.4, 0.5) is 0 Å².